The molecular formula is C9H8F3N3. The number of aromatic nitrogens is 1. The molecule has 0 radical (unpaired) electrons. The lowest BCUT2D eigenvalue weighted by Gasteiger charge is -2.10. The molecule has 0 aromatic carbocycles. The SMILES string of the molecule is N#CCc1c(C(F)F)cnc(F)c1CN. The van der Waals surface area contributed by atoms with Crippen LogP contribution in [0.25, 0.3) is 0 Å². The van der Waals surface area contributed by atoms with Crippen LogP contribution in [0.15, 0.2) is 6.20 Å². The lowest BCUT2D eigenvalue weighted by molar-refractivity contribution is 0.149. The molecule has 1 aromatic heterocycles. The van der Waals surface area contributed by atoms with Crippen LogP contribution in [-0.2, 0) is 13.0 Å². The van der Waals surface area contributed by atoms with Gasteiger partial charge in [0.05, 0.1) is 12.5 Å². The fourth-order valence-electron chi connectivity index (χ4n) is 1.26. The Kier molecular flexibility index (Phi) is 3.63. The van der Waals surface area contributed by atoms with Crippen molar-refractivity contribution in [1.82, 2.24) is 4.98 Å². The van der Waals surface area contributed by atoms with Crippen molar-refractivity contribution in [2.45, 2.75) is 19.4 Å². The van der Waals surface area contributed by atoms with E-state index in [1.54, 1.807) is 6.07 Å². The van der Waals surface area contributed by atoms with E-state index < -0.39 is 17.9 Å². The highest BCUT2D eigenvalue weighted by atomic mass is 19.3. The van der Waals surface area contributed by atoms with Crippen molar-refractivity contribution in [1.29, 1.82) is 5.26 Å². The van der Waals surface area contributed by atoms with Gasteiger partial charge < -0.3 is 5.73 Å². The van der Waals surface area contributed by atoms with Gasteiger partial charge in [0.15, 0.2) is 0 Å². The lowest BCUT2D eigenvalue weighted by Crippen LogP contribution is -2.10. The number of hydrogen-bond donors (Lipinski definition) is 1. The molecule has 0 aliphatic heterocycles. The molecule has 0 saturated carbocycles. The van der Waals surface area contributed by atoms with Crippen molar-refractivity contribution >= 4 is 0 Å². The quantitative estimate of drug-likeness (QED) is 0.780. The van der Waals surface area contributed by atoms with E-state index in [1.807, 2.05) is 0 Å². The minimum absolute atomic E-state index is 0.0532. The molecule has 80 valence electrons. The fraction of sp³-hybridized carbons (Fsp3) is 0.333. The van der Waals surface area contributed by atoms with Crippen molar-refractivity contribution in [2.24, 2.45) is 5.73 Å². The molecule has 0 fully saturated rings. The largest absolute Gasteiger partial charge is 0.326 e. The van der Waals surface area contributed by atoms with E-state index in [9.17, 15) is 13.2 Å². The molecule has 6 heteroatoms. The zero-order valence-electron chi connectivity index (χ0n) is 7.67. The van der Waals surface area contributed by atoms with E-state index in [-0.39, 0.29) is 24.1 Å². The predicted octanol–water partition coefficient (Wildman–Crippen LogP) is 1.68. The Morgan fingerprint density at radius 1 is 1.47 bits per heavy atom. The van der Waals surface area contributed by atoms with Gasteiger partial charge in [0.2, 0.25) is 5.95 Å². The second-order valence-corrected chi connectivity index (χ2v) is 2.80. The summed E-state index contributed by atoms with van der Waals surface area (Å²) in [4.78, 5) is 3.18. The molecule has 1 aromatic rings. The zero-order chi connectivity index (χ0) is 11.4. The van der Waals surface area contributed by atoms with Crippen LogP contribution in [0.5, 0.6) is 0 Å². The minimum atomic E-state index is -2.79. The summed E-state index contributed by atoms with van der Waals surface area (Å²) in [5, 5.41) is 8.46. The first-order valence-corrected chi connectivity index (χ1v) is 4.13. The summed E-state index contributed by atoms with van der Waals surface area (Å²) in [7, 11) is 0. The van der Waals surface area contributed by atoms with Crippen LogP contribution in [0.2, 0.25) is 0 Å². The Balaban J connectivity index is 3.36. The van der Waals surface area contributed by atoms with Crippen LogP contribution in [0, 0.1) is 17.3 Å². The number of nitrogens with two attached hydrogens (primary N) is 1. The van der Waals surface area contributed by atoms with Gasteiger partial charge in [-0.1, -0.05) is 0 Å². The highest BCUT2D eigenvalue weighted by Gasteiger charge is 2.19. The molecule has 1 heterocycles. The number of rotatable bonds is 3. The lowest BCUT2D eigenvalue weighted by atomic mass is 10.0. The number of nitrogens with zero attached hydrogens (tertiary/aromatic N) is 2. The van der Waals surface area contributed by atoms with E-state index >= 15 is 0 Å². The third-order valence-corrected chi connectivity index (χ3v) is 1.97. The van der Waals surface area contributed by atoms with Crippen molar-refractivity contribution in [2.75, 3.05) is 0 Å². The van der Waals surface area contributed by atoms with E-state index in [0.717, 1.165) is 6.20 Å². The first-order valence-electron chi connectivity index (χ1n) is 4.13. The summed E-state index contributed by atoms with van der Waals surface area (Å²) < 4.78 is 38.0. The first-order chi connectivity index (χ1) is 7.11. The van der Waals surface area contributed by atoms with Crippen molar-refractivity contribution < 1.29 is 13.2 Å². The van der Waals surface area contributed by atoms with Gasteiger partial charge in [-0.05, 0) is 5.56 Å². The van der Waals surface area contributed by atoms with Crippen molar-refractivity contribution in [3.05, 3.63) is 28.8 Å². The molecule has 1 rings (SSSR count). The standard InChI is InChI=1S/C9H8F3N3/c10-8(11)7-4-15-9(12)6(3-14)5(7)1-2-13/h4,8H,1,3,14H2. The van der Waals surface area contributed by atoms with E-state index in [0.29, 0.717) is 0 Å². The van der Waals surface area contributed by atoms with Gasteiger partial charge in [0.1, 0.15) is 0 Å². The third-order valence-electron chi connectivity index (χ3n) is 1.97. The third kappa shape index (κ3) is 2.25. The van der Waals surface area contributed by atoms with E-state index in [2.05, 4.69) is 4.98 Å². The molecule has 3 nitrogen and oxygen atoms in total. The Morgan fingerprint density at radius 2 is 2.13 bits per heavy atom. The Hall–Kier alpha value is -1.61. The van der Waals surface area contributed by atoms with Gasteiger partial charge >= 0.3 is 0 Å². The van der Waals surface area contributed by atoms with Crippen LogP contribution in [0.3, 0.4) is 0 Å². The summed E-state index contributed by atoms with van der Waals surface area (Å²) >= 11 is 0. The molecule has 2 N–H and O–H groups in total. The summed E-state index contributed by atoms with van der Waals surface area (Å²) in [6.45, 7) is -0.254. The summed E-state index contributed by atoms with van der Waals surface area (Å²) in [5.41, 5.74) is 4.61. The molecule has 0 aliphatic rings. The Labute approximate surface area is 84.3 Å². The maximum atomic E-state index is 13.1. The average Bonchev–Trinajstić information content (AvgIpc) is 2.18. The summed E-state index contributed by atoms with van der Waals surface area (Å²) in [6.07, 6.45) is -2.34. The van der Waals surface area contributed by atoms with Crippen LogP contribution in [0.4, 0.5) is 13.2 Å². The van der Waals surface area contributed by atoms with Crippen LogP contribution < -0.4 is 5.73 Å². The minimum Gasteiger partial charge on any atom is -0.326 e. The van der Waals surface area contributed by atoms with Crippen molar-refractivity contribution in [3.63, 3.8) is 0 Å². The monoisotopic (exact) mass is 215 g/mol. The number of pyridine rings is 1. The second-order valence-electron chi connectivity index (χ2n) is 2.80. The van der Waals surface area contributed by atoms with Gasteiger partial charge in [-0.15, -0.1) is 0 Å². The summed E-state index contributed by atoms with van der Waals surface area (Å²) in [5.74, 6) is -0.896. The molecule has 0 atom stereocenters. The zero-order valence-corrected chi connectivity index (χ0v) is 7.67. The number of nitriles is 1. The number of halogens is 3. The van der Waals surface area contributed by atoms with Crippen LogP contribution in [-0.4, -0.2) is 4.98 Å². The molecule has 0 unspecified atom stereocenters. The van der Waals surface area contributed by atoms with E-state index in [1.165, 1.54) is 0 Å². The van der Waals surface area contributed by atoms with Crippen molar-refractivity contribution in [3.8, 4) is 6.07 Å². The molecule has 15 heavy (non-hydrogen) atoms. The van der Waals surface area contributed by atoms with Gasteiger partial charge in [-0.2, -0.15) is 9.65 Å². The Morgan fingerprint density at radius 3 is 2.60 bits per heavy atom. The number of alkyl halides is 2. The maximum Gasteiger partial charge on any atom is 0.265 e. The first kappa shape index (κ1) is 11.5. The predicted molar refractivity (Wildman–Crippen MR) is 46.4 cm³/mol. The highest BCUT2D eigenvalue weighted by molar-refractivity contribution is 5.35. The van der Waals surface area contributed by atoms with Crippen LogP contribution >= 0.6 is 0 Å². The Bertz CT molecular complexity index is 398. The molecule has 0 saturated heterocycles. The van der Waals surface area contributed by atoms with Gasteiger partial charge in [-0.3, -0.25) is 0 Å². The average molecular weight is 215 g/mol. The highest BCUT2D eigenvalue weighted by Crippen LogP contribution is 2.26. The fourth-order valence-corrected chi connectivity index (χ4v) is 1.26. The number of hydrogen-bond acceptors (Lipinski definition) is 3. The van der Waals surface area contributed by atoms with Crippen LogP contribution in [0.1, 0.15) is 23.1 Å². The normalized spacial score (nSPS) is 10.4. The summed E-state index contributed by atoms with van der Waals surface area (Å²) in [6, 6.07) is 1.70. The second kappa shape index (κ2) is 4.75. The molecule has 0 amide bonds. The topological polar surface area (TPSA) is 62.7 Å². The van der Waals surface area contributed by atoms with Gasteiger partial charge in [0.25, 0.3) is 6.43 Å². The smallest absolute Gasteiger partial charge is 0.265 e. The maximum absolute atomic E-state index is 13.1. The molecule has 0 aliphatic carbocycles. The van der Waals surface area contributed by atoms with Gasteiger partial charge in [-0.25, -0.2) is 13.8 Å². The van der Waals surface area contributed by atoms with E-state index in [4.69, 9.17) is 11.0 Å². The molecule has 0 bridgehead atoms. The van der Waals surface area contributed by atoms with Gasteiger partial charge in [0, 0.05) is 23.9 Å². The molecule has 0 spiro atoms. The molecular weight excluding hydrogens is 207 g/mol.